The van der Waals surface area contributed by atoms with Crippen LogP contribution in [0.2, 0.25) is 0 Å². The Balaban J connectivity index is 1.17. The van der Waals surface area contributed by atoms with Gasteiger partial charge < -0.3 is 30.5 Å². The van der Waals surface area contributed by atoms with Crippen LogP contribution in [0.3, 0.4) is 0 Å². The van der Waals surface area contributed by atoms with Crippen LogP contribution in [-0.2, 0) is 4.74 Å². The number of fused-ring (bicyclic) bond motifs is 3. The quantitative estimate of drug-likeness (QED) is 0.258. The number of ether oxygens (including phenoxy) is 2. The van der Waals surface area contributed by atoms with Gasteiger partial charge in [0.05, 0.1) is 36.1 Å². The van der Waals surface area contributed by atoms with Gasteiger partial charge in [0.1, 0.15) is 17.7 Å². The third kappa shape index (κ3) is 6.48. The summed E-state index contributed by atoms with van der Waals surface area (Å²) in [5, 5.41) is 24.0. The highest BCUT2D eigenvalue weighted by atomic mass is 16.5. The first kappa shape index (κ1) is 27.1. The number of carbonyl (C=O) groups is 1. The first-order valence-corrected chi connectivity index (χ1v) is 13.9. The van der Waals surface area contributed by atoms with Crippen molar-refractivity contribution in [1.29, 1.82) is 0 Å². The van der Waals surface area contributed by atoms with Crippen LogP contribution in [0.1, 0.15) is 42.7 Å². The van der Waals surface area contributed by atoms with Gasteiger partial charge in [-0.2, -0.15) is 5.10 Å². The van der Waals surface area contributed by atoms with E-state index < -0.39 is 5.60 Å². The lowest BCUT2D eigenvalue weighted by Gasteiger charge is -2.40. The number of hydrogen-bond donors (Lipinski definition) is 4. The molecule has 11 nitrogen and oxygen atoms in total. The van der Waals surface area contributed by atoms with Crippen LogP contribution in [-0.4, -0.2) is 74.1 Å². The maximum absolute atomic E-state index is 12.3. The molecule has 4 aromatic heterocycles. The molecule has 0 spiro atoms. The van der Waals surface area contributed by atoms with Gasteiger partial charge in [-0.1, -0.05) is 0 Å². The van der Waals surface area contributed by atoms with Crippen molar-refractivity contribution in [2.75, 3.05) is 25.1 Å². The molecule has 214 valence electrons. The summed E-state index contributed by atoms with van der Waals surface area (Å²) < 4.78 is 14.0. The summed E-state index contributed by atoms with van der Waals surface area (Å²) in [6, 6.07) is 12.2. The SMILES string of the molecule is Cc1cc(-c2ccn3nc(Nc4ccc(C(=O)NCC(C)(C)O)cn4)cc3c2)c(OC2C[C@H]3COC[C@@H](C2)N3)cn1. The highest BCUT2D eigenvalue weighted by Crippen LogP contribution is 2.34. The minimum Gasteiger partial charge on any atom is -0.488 e. The molecule has 6 rings (SSSR count). The number of hydrogen-bond acceptors (Lipinski definition) is 9. The molecule has 41 heavy (non-hydrogen) atoms. The number of aliphatic hydroxyl groups is 1. The Hall–Kier alpha value is -4.06. The predicted octanol–water partition coefficient (Wildman–Crippen LogP) is 3.24. The molecule has 0 aromatic carbocycles. The second-order valence-corrected chi connectivity index (χ2v) is 11.5. The van der Waals surface area contributed by atoms with E-state index in [9.17, 15) is 9.90 Å². The zero-order valence-electron chi connectivity index (χ0n) is 23.4. The first-order valence-electron chi connectivity index (χ1n) is 13.9. The normalized spacial score (nSPS) is 20.5. The van der Waals surface area contributed by atoms with Crippen LogP contribution in [0.15, 0.2) is 55.0 Å². The lowest BCUT2D eigenvalue weighted by Crippen LogP contribution is -2.56. The molecule has 0 radical (unpaired) electrons. The molecule has 0 aliphatic carbocycles. The van der Waals surface area contributed by atoms with Crippen LogP contribution in [0.4, 0.5) is 11.6 Å². The smallest absolute Gasteiger partial charge is 0.252 e. The summed E-state index contributed by atoms with van der Waals surface area (Å²) in [5.74, 6) is 1.67. The van der Waals surface area contributed by atoms with E-state index in [1.807, 2.05) is 31.5 Å². The van der Waals surface area contributed by atoms with Gasteiger partial charge in [0, 0.05) is 61.2 Å². The van der Waals surface area contributed by atoms with Gasteiger partial charge in [0.25, 0.3) is 5.91 Å². The number of nitrogens with one attached hydrogen (secondary N) is 3. The van der Waals surface area contributed by atoms with Crippen molar-refractivity contribution in [3.05, 3.63) is 66.2 Å². The van der Waals surface area contributed by atoms with Crippen molar-refractivity contribution in [3.8, 4) is 16.9 Å². The second kappa shape index (κ2) is 11.1. The molecule has 1 amide bonds. The predicted molar refractivity (Wildman–Crippen MR) is 154 cm³/mol. The van der Waals surface area contributed by atoms with Gasteiger partial charge in [0.2, 0.25) is 0 Å². The monoisotopic (exact) mass is 557 g/mol. The van der Waals surface area contributed by atoms with E-state index in [0.29, 0.717) is 29.3 Å². The molecule has 0 saturated carbocycles. The number of aromatic nitrogens is 4. The fraction of sp³-hybridized carbons (Fsp3) is 0.400. The summed E-state index contributed by atoms with van der Waals surface area (Å²) in [5.41, 5.74) is 3.26. The van der Waals surface area contributed by atoms with Crippen LogP contribution in [0, 0.1) is 6.92 Å². The Bertz CT molecular complexity index is 1530. The third-order valence-corrected chi connectivity index (χ3v) is 7.24. The molecule has 2 aliphatic rings. The van der Waals surface area contributed by atoms with Crippen molar-refractivity contribution in [1.82, 2.24) is 30.2 Å². The van der Waals surface area contributed by atoms with Crippen LogP contribution >= 0.6 is 0 Å². The van der Waals surface area contributed by atoms with Gasteiger partial charge in [0.15, 0.2) is 5.82 Å². The number of nitrogens with zero attached hydrogens (tertiary/aromatic N) is 4. The molecule has 2 saturated heterocycles. The molecule has 6 heterocycles. The maximum atomic E-state index is 12.3. The lowest BCUT2D eigenvalue weighted by atomic mass is 9.94. The zero-order valence-corrected chi connectivity index (χ0v) is 23.4. The van der Waals surface area contributed by atoms with Gasteiger partial charge in [-0.3, -0.25) is 9.78 Å². The highest BCUT2D eigenvalue weighted by Gasteiger charge is 2.33. The number of carbonyl (C=O) groups excluding carboxylic acids is 1. The Morgan fingerprint density at radius 1 is 1.12 bits per heavy atom. The third-order valence-electron chi connectivity index (χ3n) is 7.24. The van der Waals surface area contributed by atoms with Crippen molar-refractivity contribution >= 4 is 23.1 Å². The first-order chi connectivity index (χ1) is 19.7. The number of pyridine rings is 3. The average Bonchev–Trinajstić information content (AvgIpc) is 3.34. The topological polar surface area (TPSA) is 135 Å². The highest BCUT2D eigenvalue weighted by molar-refractivity contribution is 5.94. The van der Waals surface area contributed by atoms with Crippen LogP contribution in [0.5, 0.6) is 5.75 Å². The van der Waals surface area contributed by atoms with Crippen molar-refractivity contribution in [2.45, 2.75) is 57.4 Å². The standard InChI is InChI=1S/C30H35N7O4/c1-18-8-25(26(14-31-18)41-24-10-21-15-40-16-22(11-24)34-21)19-6-7-37-23(9-19)12-28(36-37)35-27-5-4-20(13-32-27)29(38)33-17-30(2,3)39/h4-9,12-14,21-22,24,34,39H,10-11,15-17H2,1-3H3,(H,33,38)(H,32,35,36)/t21-,22+,24?. The van der Waals surface area contributed by atoms with E-state index in [1.54, 1.807) is 30.5 Å². The van der Waals surface area contributed by atoms with E-state index in [0.717, 1.165) is 54.1 Å². The summed E-state index contributed by atoms with van der Waals surface area (Å²) in [6.45, 7) is 6.85. The van der Waals surface area contributed by atoms with Gasteiger partial charge >= 0.3 is 0 Å². The van der Waals surface area contributed by atoms with E-state index in [4.69, 9.17) is 9.47 Å². The van der Waals surface area contributed by atoms with Crippen LogP contribution < -0.4 is 20.7 Å². The molecule has 2 fully saturated rings. The second-order valence-electron chi connectivity index (χ2n) is 11.5. The van der Waals surface area contributed by atoms with Crippen molar-refractivity contribution in [3.63, 3.8) is 0 Å². The molecular formula is C30H35N7O4. The maximum Gasteiger partial charge on any atom is 0.252 e. The lowest BCUT2D eigenvalue weighted by molar-refractivity contribution is -0.0122. The minimum atomic E-state index is -0.986. The van der Waals surface area contributed by atoms with Crippen molar-refractivity contribution in [2.24, 2.45) is 0 Å². The van der Waals surface area contributed by atoms with Crippen molar-refractivity contribution < 1.29 is 19.4 Å². The molecule has 4 aromatic rings. The van der Waals surface area contributed by atoms with E-state index in [2.05, 4.69) is 43.1 Å². The van der Waals surface area contributed by atoms with Gasteiger partial charge in [-0.15, -0.1) is 0 Å². The fourth-order valence-corrected chi connectivity index (χ4v) is 5.28. The summed E-state index contributed by atoms with van der Waals surface area (Å²) in [6.07, 6.45) is 7.16. The van der Waals surface area contributed by atoms with E-state index >= 15 is 0 Å². The van der Waals surface area contributed by atoms with Gasteiger partial charge in [-0.05, 0) is 56.7 Å². The Morgan fingerprint density at radius 2 is 1.93 bits per heavy atom. The number of rotatable bonds is 8. The number of amides is 1. The van der Waals surface area contributed by atoms with Crippen LogP contribution in [0.25, 0.3) is 16.6 Å². The Kier molecular flexibility index (Phi) is 7.33. The molecule has 11 heteroatoms. The average molecular weight is 558 g/mol. The largest absolute Gasteiger partial charge is 0.488 e. The number of aryl methyl sites for hydroxylation is 1. The number of piperidine rings is 1. The van der Waals surface area contributed by atoms with E-state index in [1.165, 1.54) is 6.20 Å². The Labute approximate surface area is 238 Å². The molecular weight excluding hydrogens is 522 g/mol. The molecule has 3 atom stereocenters. The molecule has 2 aliphatic heterocycles. The molecule has 4 N–H and O–H groups in total. The number of morpholine rings is 1. The Morgan fingerprint density at radius 3 is 2.66 bits per heavy atom. The minimum absolute atomic E-state index is 0.111. The van der Waals surface area contributed by atoms with Gasteiger partial charge in [-0.25, -0.2) is 9.50 Å². The zero-order chi connectivity index (χ0) is 28.6. The van der Waals surface area contributed by atoms with E-state index in [-0.39, 0.29) is 18.6 Å². The summed E-state index contributed by atoms with van der Waals surface area (Å²) >= 11 is 0. The number of anilines is 2. The summed E-state index contributed by atoms with van der Waals surface area (Å²) in [7, 11) is 0. The fourth-order valence-electron chi connectivity index (χ4n) is 5.28. The summed E-state index contributed by atoms with van der Waals surface area (Å²) in [4.78, 5) is 21.2. The molecule has 1 unspecified atom stereocenters. The molecule has 2 bridgehead atoms.